The number of carbonyl (C=O) groups is 1. The number of benzene rings is 1. The fourth-order valence-electron chi connectivity index (χ4n) is 1.78. The van der Waals surface area contributed by atoms with Gasteiger partial charge in [-0.2, -0.15) is 0 Å². The molecule has 0 aliphatic heterocycles. The molecular formula is C15H17FN2OS. The zero-order valence-electron chi connectivity index (χ0n) is 11.3. The lowest BCUT2D eigenvalue weighted by atomic mass is 10.1. The lowest BCUT2D eigenvalue weighted by Crippen LogP contribution is -2.36. The van der Waals surface area contributed by atoms with Crippen molar-refractivity contribution in [1.29, 1.82) is 0 Å². The van der Waals surface area contributed by atoms with Gasteiger partial charge < -0.3 is 10.6 Å². The Labute approximate surface area is 121 Å². The number of nitrogens with one attached hydrogen (secondary N) is 2. The number of aryl methyl sites for hydroxylation is 1. The molecule has 0 spiro atoms. The van der Waals surface area contributed by atoms with Crippen LogP contribution in [0.15, 0.2) is 35.7 Å². The topological polar surface area (TPSA) is 41.1 Å². The van der Waals surface area contributed by atoms with Crippen LogP contribution in [-0.2, 0) is 13.0 Å². The molecule has 0 aliphatic carbocycles. The first-order valence-electron chi connectivity index (χ1n) is 6.44. The van der Waals surface area contributed by atoms with Crippen LogP contribution in [0, 0.1) is 12.7 Å². The number of amides is 2. The van der Waals surface area contributed by atoms with Crippen molar-refractivity contribution in [2.75, 3.05) is 6.54 Å². The average molecular weight is 292 g/mol. The lowest BCUT2D eigenvalue weighted by Gasteiger charge is -2.07. The van der Waals surface area contributed by atoms with Gasteiger partial charge in [0, 0.05) is 11.4 Å². The van der Waals surface area contributed by atoms with Gasteiger partial charge in [-0.25, -0.2) is 9.18 Å². The van der Waals surface area contributed by atoms with Gasteiger partial charge in [0.25, 0.3) is 0 Å². The summed E-state index contributed by atoms with van der Waals surface area (Å²) in [7, 11) is 0. The Balaban J connectivity index is 1.68. The summed E-state index contributed by atoms with van der Waals surface area (Å²) in [4.78, 5) is 12.8. The molecule has 1 aromatic carbocycles. The van der Waals surface area contributed by atoms with E-state index in [4.69, 9.17) is 0 Å². The molecule has 0 radical (unpaired) electrons. The normalized spacial score (nSPS) is 10.3. The minimum Gasteiger partial charge on any atom is -0.338 e. The summed E-state index contributed by atoms with van der Waals surface area (Å²) < 4.78 is 12.7. The number of hydrogen-bond acceptors (Lipinski definition) is 2. The van der Waals surface area contributed by atoms with Gasteiger partial charge >= 0.3 is 6.03 Å². The van der Waals surface area contributed by atoms with E-state index in [2.05, 4.69) is 10.6 Å². The van der Waals surface area contributed by atoms with Crippen LogP contribution >= 0.6 is 11.3 Å². The van der Waals surface area contributed by atoms with Crippen molar-refractivity contribution in [3.8, 4) is 0 Å². The van der Waals surface area contributed by atoms with Crippen molar-refractivity contribution in [2.45, 2.75) is 19.9 Å². The Morgan fingerprint density at radius 2 is 1.95 bits per heavy atom. The van der Waals surface area contributed by atoms with E-state index in [1.165, 1.54) is 22.6 Å². The van der Waals surface area contributed by atoms with E-state index in [1.807, 2.05) is 18.4 Å². The predicted molar refractivity (Wildman–Crippen MR) is 79.4 cm³/mol. The van der Waals surface area contributed by atoms with Crippen molar-refractivity contribution in [3.63, 3.8) is 0 Å². The fraction of sp³-hybridized carbons (Fsp3) is 0.267. The molecule has 0 fully saturated rings. The number of hydrogen-bond donors (Lipinski definition) is 2. The van der Waals surface area contributed by atoms with Gasteiger partial charge in [0.2, 0.25) is 0 Å². The molecule has 0 bridgehead atoms. The quantitative estimate of drug-likeness (QED) is 0.872. The molecule has 2 aromatic rings. The minimum absolute atomic E-state index is 0.181. The van der Waals surface area contributed by atoms with E-state index >= 15 is 0 Å². The maximum atomic E-state index is 12.7. The van der Waals surface area contributed by atoms with Gasteiger partial charge in [-0.05, 0) is 48.1 Å². The van der Waals surface area contributed by atoms with Crippen LogP contribution in [0.4, 0.5) is 9.18 Å². The summed E-state index contributed by atoms with van der Waals surface area (Å²) in [6, 6.07) is 8.16. The van der Waals surface area contributed by atoms with Crippen LogP contribution in [0.2, 0.25) is 0 Å². The second kappa shape index (κ2) is 7.05. The maximum absolute atomic E-state index is 12.7. The van der Waals surface area contributed by atoms with Gasteiger partial charge in [-0.15, -0.1) is 11.3 Å². The number of rotatable bonds is 5. The highest BCUT2D eigenvalue weighted by atomic mass is 32.1. The zero-order valence-corrected chi connectivity index (χ0v) is 12.1. The molecule has 2 amide bonds. The number of thiophene rings is 1. The van der Waals surface area contributed by atoms with Crippen molar-refractivity contribution in [1.82, 2.24) is 10.6 Å². The first kappa shape index (κ1) is 14.5. The third-order valence-electron chi connectivity index (χ3n) is 2.99. The van der Waals surface area contributed by atoms with Crippen LogP contribution < -0.4 is 10.6 Å². The van der Waals surface area contributed by atoms with Crippen molar-refractivity contribution >= 4 is 17.4 Å². The zero-order chi connectivity index (χ0) is 14.4. The summed E-state index contributed by atoms with van der Waals surface area (Å²) in [5.41, 5.74) is 2.20. The Morgan fingerprint density at radius 3 is 2.60 bits per heavy atom. The molecule has 0 unspecified atom stereocenters. The fourth-order valence-corrected chi connectivity index (χ4v) is 2.63. The summed E-state index contributed by atoms with van der Waals surface area (Å²) in [5.74, 6) is -0.245. The van der Waals surface area contributed by atoms with Crippen molar-refractivity contribution < 1.29 is 9.18 Å². The second-order valence-electron chi connectivity index (χ2n) is 4.51. The molecule has 1 aromatic heterocycles. The van der Waals surface area contributed by atoms with E-state index in [1.54, 1.807) is 23.5 Å². The third-order valence-corrected chi connectivity index (χ3v) is 4.01. The van der Waals surface area contributed by atoms with E-state index in [0.717, 1.165) is 5.56 Å². The SMILES string of the molecule is Cc1ccsc1CNC(=O)NCCc1ccc(F)cc1. The van der Waals surface area contributed by atoms with Crippen molar-refractivity contribution in [2.24, 2.45) is 0 Å². The van der Waals surface area contributed by atoms with Crippen LogP contribution in [0.25, 0.3) is 0 Å². The van der Waals surface area contributed by atoms with Gasteiger partial charge in [-0.1, -0.05) is 12.1 Å². The van der Waals surface area contributed by atoms with Crippen LogP contribution in [0.1, 0.15) is 16.0 Å². The molecule has 0 saturated carbocycles. The highest BCUT2D eigenvalue weighted by Gasteiger charge is 2.03. The Morgan fingerprint density at radius 1 is 1.20 bits per heavy atom. The van der Waals surface area contributed by atoms with E-state index in [-0.39, 0.29) is 11.8 Å². The summed E-state index contributed by atoms with van der Waals surface area (Å²) in [6.07, 6.45) is 0.686. The molecule has 106 valence electrons. The van der Waals surface area contributed by atoms with Gasteiger partial charge in [0.1, 0.15) is 5.82 Å². The molecule has 5 heteroatoms. The average Bonchev–Trinajstić information content (AvgIpc) is 2.84. The van der Waals surface area contributed by atoms with Crippen LogP contribution in [0.5, 0.6) is 0 Å². The molecule has 20 heavy (non-hydrogen) atoms. The number of halogens is 1. The second-order valence-corrected chi connectivity index (χ2v) is 5.51. The third kappa shape index (κ3) is 4.35. The molecule has 0 atom stereocenters. The first-order valence-corrected chi connectivity index (χ1v) is 7.32. The Bertz CT molecular complexity index is 566. The van der Waals surface area contributed by atoms with Gasteiger partial charge in [0.15, 0.2) is 0 Å². The van der Waals surface area contributed by atoms with E-state index in [0.29, 0.717) is 19.5 Å². The number of carbonyl (C=O) groups excluding carboxylic acids is 1. The van der Waals surface area contributed by atoms with Crippen molar-refractivity contribution in [3.05, 3.63) is 57.5 Å². The monoisotopic (exact) mass is 292 g/mol. The molecular weight excluding hydrogens is 275 g/mol. The van der Waals surface area contributed by atoms with E-state index < -0.39 is 0 Å². The molecule has 2 N–H and O–H groups in total. The van der Waals surface area contributed by atoms with Gasteiger partial charge in [-0.3, -0.25) is 0 Å². The Hall–Kier alpha value is -1.88. The maximum Gasteiger partial charge on any atom is 0.315 e. The predicted octanol–water partition coefficient (Wildman–Crippen LogP) is 3.24. The van der Waals surface area contributed by atoms with E-state index in [9.17, 15) is 9.18 Å². The lowest BCUT2D eigenvalue weighted by molar-refractivity contribution is 0.240. The summed E-state index contributed by atoms with van der Waals surface area (Å²) in [5, 5.41) is 7.62. The van der Waals surface area contributed by atoms with Gasteiger partial charge in [0.05, 0.1) is 6.54 Å². The molecule has 2 rings (SSSR count). The summed E-state index contributed by atoms with van der Waals surface area (Å²) >= 11 is 1.64. The first-order chi connectivity index (χ1) is 9.65. The number of urea groups is 1. The minimum atomic E-state index is -0.245. The largest absolute Gasteiger partial charge is 0.338 e. The van der Waals surface area contributed by atoms with Crippen LogP contribution in [-0.4, -0.2) is 12.6 Å². The Kier molecular flexibility index (Phi) is 5.12. The summed E-state index contributed by atoms with van der Waals surface area (Å²) in [6.45, 7) is 3.10. The highest BCUT2D eigenvalue weighted by Crippen LogP contribution is 2.14. The molecule has 0 saturated heterocycles. The smallest absolute Gasteiger partial charge is 0.315 e. The molecule has 0 aliphatic rings. The standard InChI is InChI=1S/C15H17FN2OS/c1-11-7-9-20-14(11)10-18-15(19)17-8-6-12-2-4-13(16)5-3-12/h2-5,7,9H,6,8,10H2,1H3,(H2,17,18,19). The van der Waals surface area contributed by atoms with Crippen LogP contribution in [0.3, 0.4) is 0 Å². The highest BCUT2D eigenvalue weighted by molar-refractivity contribution is 7.10. The molecule has 1 heterocycles. The molecule has 3 nitrogen and oxygen atoms in total.